The van der Waals surface area contributed by atoms with Crippen LogP contribution in [-0.2, 0) is 31.4 Å². The van der Waals surface area contributed by atoms with Crippen LogP contribution in [0.1, 0.15) is 94.1 Å². The van der Waals surface area contributed by atoms with Crippen LogP contribution in [0.15, 0.2) is 66.9 Å². The average Bonchev–Trinajstić information content (AvgIpc) is 4.43. The number of piperazine rings is 1. The van der Waals surface area contributed by atoms with Crippen molar-refractivity contribution in [3.8, 4) is 29.6 Å². The molecule has 3 aromatic heterocycles. The fourth-order valence-electron chi connectivity index (χ4n) is 13.7. The van der Waals surface area contributed by atoms with Gasteiger partial charge in [-0.2, -0.15) is 15.1 Å². The summed E-state index contributed by atoms with van der Waals surface area (Å²) < 4.78 is 77.2. The lowest BCUT2D eigenvalue weighted by molar-refractivity contribution is -0.108. The molecule has 6 aliphatic rings. The Hall–Kier alpha value is -7.16. The van der Waals surface area contributed by atoms with Crippen molar-refractivity contribution in [2.75, 3.05) is 76.4 Å². The first-order valence-electron chi connectivity index (χ1n) is 28.9. The van der Waals surface area contributed by atoms with E-state index in [1.807, 2.05) is 27.2 Å². The maximum Gasteiger partial charge on any atom is 0.409 e. The maximum atomic E-state index is 17.3. The number of anilines is 2. The number of terminal acetylenes is 1. The van der Waals surface area contributed by atoms with E-state index in [2.05, 4.69) is 59.9 Å². The number of carbonyl (C=O) groups is 3. The van der Waals surface area contributed by atoms with Crippen LogP contribution >= 0.6 is 0 Å². The van der Waals surface area contributed by atoms with Crippen molar-refractivity contribution in [2.45, 2.75) is 118 Å². The molecule has 22 heteroatoms. The summed E-state index contributed by atoms with van der Waals surface area (Å²) in [4.78, 5) is 58.2. The number of carbonyl (C=O) groups excluding carboxylic acids is 3. The Morgan fingerprint density at radius 2 is 1.75 bits per heavy atom. The fraction of sp³-hybridized carbons (Fsp3) is 0.492. The molecule has 5 aliphatic heterocycles. The van der Waals surface area contributed by atoms with Crippen molar-refractivity contribution in [2.24, 2.45) is 7.05 Å². The molecule has 8 heterocycles. The van der Waals surface area contributed by atoms with E-state index in [9.17, 15) is 22.8 Å². The number of aryl methyl sites for hydroxylation is 1. The lowest BCUT2D eigenvalue weighted by Crippen LogP contribution is -2.51. The van der Waals surface area contributed by atoms with Gasteiger partial charge in [0.25, 0.3) is 0 Å². The molecule has 1 saturated carbocycles. The van der Waals surface area contributed by atoms with Crippen molar-refractivity contribution >= 4 is 73.0 Å². The molecular weight excluding hydrogens is 1080 g/mol. The van der Waals surface area contributed by atoms with Crippen molar-refractivity contribution in [3.05, 3.63) is 89.6 Å². The number of ether oxygens (including phenoxy) is 2. The van der Waals surface area contributed by atoms with E-state index in [0.29, 0.717) is 91.5 Å². The van der Waals surface area contributed by atoms with Gasteiger partial charge in [-0.1, -0.05) is 48.4 Å². The zero-order chi connectivity index (χ0) is 58.2. The number of aldehydes is 1. The van der Waals surface area contributed by atoms with Crippen LogP contribution in [0.25, 0.3) is 43.8 Å². The Labute approximate surface area is 482 Å². The lowest BCUT2D eigenvalue weighted by atomic mass is 9.82. The van der Waals surface area contributed by atoms with E-state index in [1.165, 1.54) is 11.0 Å². The van der Waals surface area contributed by atoms with Crippen LogP contribution in [-0.4, -0.2) is 163 Å². The molecule has 12 rings (SSSR count). The van der Waals surface area contributed by atoms with Gasteiger partial charge in [-0.15, -0.1) is 6.42 Å². The number of rotatable bonds is 16. The molecule has 438 valence electrons. The van der Waals surface area contributed by atoms with Gasteiger partial charge >= 0.3 is 12.1 Å². The molecule has 83 heavy (non-hydrogen) atoms. The number of amides is 2. The monoisotopic (exact) mass is 1150 g/mol. The fourth-order valence-corrected chi connectivity index (χ4v) is 15.5. The van der Waals surface area contributed by atoms with Crippen molar-refractivity contribution in [1.82, 2.24) is 49.9 Å². The topological polar surface area (TPSA) is 209 Å². The Morgan fingerprint density at radius 3 is 2.47 bits per heavy atom. The van der Waals surface area contributed by atoms with Crippen molar-refractivity contribution < 1.29 is 41.1 Å². The number of piperidine rings is 1. The molecule has 1 aliphatic carbocycles. The number of fused-ring (bicyclic) bond motifs is 6. The smallest absolute Gasteiger partial charge is 0.409 e. The van der Waals surface area contributed by atoms with Gasteiger partial charge in [-0.05, 0) is 120 Å². The first-order valence-corrected chi connectivity index (χ1v) is 30.4. The number of benzene rings is 3. The quantitative estimate of drug-likeness (QED) is 0.0501. The summed E-state index contributed by atoms with van der Waals surface area (Å²) in [5.41, 5.74) is 2.91. The minimum absolute atomic E-state index is 0.0160. The van der Waals surface area contributed by atoms with Gasteiger partial charge in [0.15, 0.2) is 11.6 Å². The second-order valence-electron chi connectivity index (χ2n) is 23.2. The number of nitrogens with zero attached hydrogens (tertiary/aromatic N) is 9. The molecule has 4 atom stereocenters. The van der Waals surface area contributed by atoms with Gasteiger partial charge in [0.1, 0.15) is 42.3 Å². The third-order valence-corrected chi connectivity index (χ3v) is 19.8. The SMILES string of the molecule is C#Cc1c(F)ccc2cccc(-c3ncc4c(N5CC6CCC(C5)N6)nc(OC[C@@]56CC[C@@H](COC(=O)N7CCC(S(=O)(=O)NC8CCC(c9ccc%10c(N(C=O)CCC=O)nn(C)c%10c9)CC8)CC7)N5CC(=C)C6)nc4c3F)c12.CNC. The van der Waals surface area contributed by atoms with Crippen LogP contribution in [0, 0.1) is 24.0 Å². The molecule has 3 aromatic carbocycles. The Bertz CT molecular complexity index is 3610. The van der Waals surface area contributed by atoms with Crippen LogP contribution < -0.4 is 29.9 Å². The van der Waals surface area contributed by atoms with Crippen LogP contribution in [0.4, 0.5) is 25.2 Å². The van der Waals surface area contributed by atoms with Crippen molar-refractivity contribution in [1.29, 1.82) is 0 Å². The third-order valence-electron chi connectivity index (χ3n) is 17.8. The molecule has 6 fully saturated rings. The number of sulfonamides is 1. The second-order valence-corrected chi connectivity index (χ2v) is 25.2. The normalized spacial score (nSPS) is 23.7. The number of hydrogen-bond donors (Lipinski definition) is 3. The summed E-state index contributed by atoms with van der Waals surface area (Å²) in [6.45, 7) is 7.35. The standard InChI is InChI=1S/C59H65F2N11O7S.C2H7N/c1-4-45-49(60)18-12-38-7-5-8-47(51(38)45)53-52(61)54-48(29-62-53)55(71-31-41-15-16-42(32-71)63-41)65-57(64-54)79-34-59-22-19-43(72(59)30-36(2)28-59)33-78-58(75)69-24-20-44(21-25-69)80(76,77)67-40-13-9-37(10-14-40)39-11-17-46-50(27-39)68(3)66-56(46)70(35-74)23-6-26-73;1-3-2/h1,5,7-8,11-12,17-18,26-27,29,35,37,40-44,63,67H,2,6,9-10,13-16,19-25,28,30-34H2,3H3;3H,1-2H3/t37?,40?,41?,42?,43-,59-;/m0./s1. The summed E-state index contributed by atoms with van der Waals surface area (Å²) in [7, 11) is 1.92. The van der Waals surface area contributed by atoms with Gasteiger partial charge < -0.3 is 34.7 Å². The summed E-state index contributed by atoms with van der Waals surface area (Å²) in [6.07, 6.45) is 16.3. The van der Waals surface area contributed by atoms with E-state index in [1.54, 1.807) is 40.0 Å². The molecule has 0 spiro atoms. The Morgan fingerprint density at radius 1 is 0.988 bits per heavy atom. The number of aromatic nitrogens is 5. The van der Waals surface area contributed by atoms with E-state index >= 15 is 8.78 Å². The highest BCUT2D eigenvalue weighted by Gasteiger charge is 2.52. The Kier molecular flexibility index (Phi) is 16.8. The number of likely N-dealkylation sites (tertiary alicyclic amines) is 1. The molecule has 2 amide bonds. The first-order chi connectivity index (χ1) is 40.1. The van der Waals surface area contributed by atoms with E-state index < -0.39 is 38.5 Å². The van der Waals surface area contributed by atoms with Gasteiger partial charge in [0.05, 0.1) is 27.3 Å². The predicted octanol–water partition coefficient (Wildman–Crippen LogP) is 7.11. The molecule has 19 nitrogen and oxygen atoms in total. The summed E-state index contributed by atoms with van der Waals surface area (Å²) in [5, 5.41) is 12.6. The van der Waals surface area contributed by atoms with Gasteiger partial charge in [0.2, 0.25) is 16.4 Å². The van der Waals surface area contributed by atoms with Crippen molar-refractivity contribution in [3.63, 3.8) is 0 Å². The van der Waals surface area contributed by atoms with E-state index in [0.717, 1.165) is 66.9 Å². The van der Waals surface area contributed by atoms with Crippen LogP contribution in [0.2, 0.25) is 0 Å². The average molecular weight is 1160 g/mol. The zero-order valence-electron chi connectivity index (χ0n) is 47.3. The first kappa shape index (κ1) is 57.6. The van der Waals surface area contributed by atoms with Gasteiger partial charge in [-0.3, -0.25) is 24.3 Å². The highest BCUT2D eigenvalue weighted by molar-refractivity contribution is 7.90. The molecule has 6 aromatic rings. The van der Waals surface area contributed by atoms with Crippen LogP contribution in [0.3, 0.4) is 0 Å². The predicted molar refractivity (Wildman–Crippen MR) is 315 cm³/mol. The molecule has 0 radical (unpaired) electrons. The van der Waals surface area contributed by atoms with Crippen LogP contribution in [0.5, 0.6) is 6.01 Å². The number of halogens is 2. The highest BCUT2D eigenvalue weighted by atomic mass is 32.2. The third kappa shape index (κ3) is 11.5. The maximum absolute atomic E-state index is 17.3. The van der Waals surface area contributed by atoms with Gasteiger partial charge in [-0.25, -0.2) is 26.7 Å². The second kappa shape index (κ2) is 24.2. The molecular formula is C61H72F2N12O7S. The minimum atomic E-state index is -3.66. The number of pyridine rings is 1. The number of nitrogens with one attached hydrogen (secondary N) is 3. The molecule has 2 unspecified atom stereocenters. The molecule has 3 N–H and O–H groups in total. The highest BCUT2D eigenvalue weighted by Crippen LogP contribution is 2.45. The molecule has 5 saturated heterocycles. The van der Waals surface area contributed by atoms with Gasteiger partial charge in [0, 0.05) is 99.4 Å². The largest absolute Gasteiger partial charge is 0.461 e. The van der Waals surface area contributed by atoms with E-state index in [4.69, 9.17) is 25.9 Å². The summed E-state index contributed by atoms with van der Waals surface area (Å²) >= 11 is 0. The number of hydrogen-bond acceptors (Lipinski definition) is 15. The van der Waals surface area contributed by atoms with E-state index in [-0.39, 0.29) is 92.1 Å². The molecule has 2 bridgehead atoms. The lowest BCUT2D eigenvalue weighted by Gasteiger charge is -2.35. The Balaban J connectivity index is 0.00000235. The minimum Gasteiger partial charge on any atom is -0.461 e. The summed E-state index contributed by atoms with van der Waals surface area (Å²) in [5.74, 6) is 2.45. The summed E-state index contributed by atoms with van der Waals surface area (Å²) in [6, 6.07) is 14.5. The zero-order valence-corrected chi connectivity index (χ0v) is 48.1.